The van der Waals surface area contributed by atoms with E-state index in [1.54, 1.807) is 8.80 Å². The van der Waals surface area contributed by atoms with Gasteiger partial charge in [-0.15, -0.1) is 0 Å². The molecule has 0 radical (unpaired) electrons. The molecule has 12 heteroatoms. The van der Waals surface area contributed by atoms with Gasteiger partial charge in [0.15, 0.2) is 0 Å². The number of carbonyl (C=O) groups excluding carboxylic acids is 2. The smallest absolute Gasteiger partial charge is 0.330 e. The van der Waals surface area contributed by atoms with Gasteiger partial charge in [0.05, 0.1) is 41.2 Å². The van der Waals surface area contributed by atoms with E-state index in [9.17, 15) is 19.2 Å². The molecule has 0 bridgehead atoms. The van der Waals surface area contributed by atoms with Crippen molar-refractivity contribution in [3.63, 3.8) is 0 Å². The number of aryl methyl sites for hydroxylation is 2. The molecule has 0 aliphatic carbocycles. The second-order valence-electron chi connectivity index (χ2n) is 18.4. The lowest BCUT2D eigenvalue weighted by molar-refractivity contribution is -0.148. The highest BCUT2D eigenvalue weighted by atomic mass is 16.5. The lowest BCUT2D eigenvalue weighted by Gasteiger charge is -2.13. The van der Waals surface area contributed by atoms with Crippen LogP contribution in [0, 0.1) is 19.8 Å². The van der Waals surface area contributed by atoms with Crippen molar-refractivity contribution >= 4 is 99.8 Å². The predicted octanol–water partition coefficient (Wildman–Crippen LogP) is 12.1. The Kier molecular flexibility index (Phi) is 14.2. The van der Waals surface area contributed by atoms with Crippen molar-refractivity contribution in [3.05, 3.63) is 142 Å². The first-order valence-electron chi connectivity index (χ1n) is 24.7. The number of aromatic nitrogens is 4. The molecule has 10 aromatic rings. The Morgan fingerprint density at radius 3 is 1.53 bits per heavy atom. The van der Waals surface area contributed by atoms with Crippen molar-refractivity contribution in [2.75, 3.05) is 36.9 Å². The summed E-state index contributed by atoms with van der Waals surface area (Å²) >= 11 is 0. The summed E-state index contributed by atoms with van der Waals surface area (Å²) < 4.78 is 13.8. The van der Waals surface area contributed by atoms with E-state index in [4.69, 9.17) is 19.4 Å². The van der Waals surface area contributed by atoms with Crippen molar-refractivity contribution in [2.24, 2.45) is 5.92 Å². The molecular formula is C58H60N6O6. The summed E-state index contributed by atoms with van der Waals surface area (Å²) in [5.41, 5.74) is 9.03. The molecule has 1 unspecified atom stereocenters. The Morgan fingerprint density at radius 2 is 1.06 bits per heavy atom. The van der Waals surface area contributed by atoms with E-state index in [2.05, 4.69) is 53.6 Å². The van der Waals surface area contributed by atoms with Gasteiger partial charge in [-0.1, -0.05) is 69.7 Å². The van der Waals surface area contributed by atoms with E-state index in [1.807, 2.05) is 88.4 Å². The maximum absolute atomic E-state index is 13.5. The fourth-order valence-electron chi connectivity index (χ4n) is 9.57. The third kappa shape index (κ3) is 9.42. The second-order valence-corrected chi connectivity index (χ2v) is 18.4. The van der Waals surface area contributed by atoms with Gasteiger partial charge < -0.3 is 20.1 Å². The van der Waals surface area contributed by atoms with E-state index in [-0.39, 0.29) is 29.0 Å². The Morgan fingerprint density at radius 1 is 0.600 bits per heavy atom. The number of imidazole rings is 2. The Bertz CT molecular complexity index is 3670. The summed E-state index contributed by atoms with van der Waals surface area (Å²) in [6, 6.07) is 32.2. The Labute approximate surface area is 406 Å². The molecule has 0 spiro atoms. The van der Waals surface area contributed by atoms with Gasteiger partial charge in [-0.3, -0.25) is 23.2 Å². The van der Waals surface area contributed by atoms with Gasteiger partial charge in [0, 0.05) is 73.6 Å². The molecule has 0 fully saturated rings. The van der Waals surface area contributed by atoms with Crippen LogP contribution >= 0.6 is 0 Å². The number of pyridine rings is 2. The number of hydrogen-bond acceptors (Lipinski definition) is 10. The van der Waals surface area contributed by atoms with Gasteiger partial charge in [0.1, 0.15) is 11.3 Å². The van der Waals surface area contributed by atoms with Crippen molar-refractivity contribution in [1.82, 2.24) is 18.8 Å². The normalized spacial score (nSPS) is 12.1. The van der Waals surface area contributed by atoms with Gasteiger partial charge >= 0.3 is 11.9 Å². The van der Waals surface area contributed by atoms with E-state index in [0.29, 0.717) is 35.3 Å². The molecule has 4 aromatic heterocycles. The van der Waals surface area contributed by atoms with Crippen LogP contribution in [0.15, 0.2) is 119 Å². The number of ether oxygens (including phenoxy) is 2. The largest absolute Gasteiger partial charge is 0.465 e. The fourth-order valence-corrected chi connectivity index (χ4v) is 9.57. The third-order valence-corrected chi connectivity index (χ3v) is 13.5. The molecule has 0 aliphatic heterocycles. The highest BCUT2D eigenvalue weighted by molar-refractivity contribution is 6.20. The molecule has 358 valence electrons. The summed E-state index contributed by atoms with van der Waals surface area (Å²) in [4.78, 5) is 59.5. The first kappa shape index (κ1) is 47.5. The zero-order valence-electron chi connectivity index (χ0n) is 40.5. The summed E-state index contributed by atoms with van der Waals surface area (Å²) in [7, 11) is 0. The number of anilines is 2. The standard InChI is InChI=1S/C30H33N3O3.C28H27N3O3/c1-4-20(3)30(35)36-17-8-6-5-7-16-31-24-14-13-22-27-21(24)10-9-11-23(27)29(34)33-26-15-12-19(2)18-25(26)32-28(22)33;1-3-25(32)34-16-7-5-4-6-15-29-22-13-12-20-26-19(22)9-8-10-21(26)28(33)31-24-14-11-18(2)17-23(24)30-27(20)31/h9-15,18,20,31H,4-8,16-17H2,1-3H3;3,8-14,17,29H,1,4-7,15-16H2,2H3. The average molecular weight is 937 g/mol. The van der Waals surface area contributed by atoms with E-state index >= 15 is 0 Å². The molecule has 6 aromatic carbocycles. The topological polar surface area (TPSA) is 145 Å². The van der Waals surface area contributed by atoms with Gasteiger partial charge in [-0.25, -0.2) is 14.8 Å². The molecule has 1 atom stereocenters. The summed E-state index contributed by atoms with van der Waals surface area (Å²) in [6.45, 7) is 14.0. The highest BCUT2D eigenvalue weighted by Gasteiger charge is 2.19. The van der Waals surface area contributed by atoms with Crippen LogP contribution in [0.2, 0.25) is 0 Å². The second kappa shape index (κ2) is 21.0. The van der Waals surface area contributed by atoms with Crippen molar-refractivity contribution in [1.29, 1.82) is 0 Å². The number of fused-ring (bicyclic) bond motifs is 8. The Hall–Kier alpha value is -7.60. The van der Waals surface area contributed by atoms with Gasteiger partial charge in [0.2, 0.25) is 0 Å². The van der Waals surface area contributed by atoms with Crippen molar-refractivity contribution in [2.45, 2.75) is 85.5 Å². The fraction of sp³-hybridized carbons (Fsp3) is 0.310. The number of nitrogens with one attached hydrogen (secondary N) is 2. The van der Waals surface area contributed by atoms with Crippen LogP contribution in [0.25, 0.3) is 76.5 Å². The molecule has 0 saturated carbocycles. The number of nitrogens with zero attached hydrogens (tertiary/aromatic N) is 4. The van der Waals surface area contributed by atoms with Crippen molar-refractivity contribution in [3.8, 4) is 0 Å². The number of unbranched alkanes of at least 4 members (excludes halogenated alkanes) is 6. The monoisotopic (exact) mass is 936 g/mol. The van der Waals surface area contributed by atoms with Crippen LogP contribution in [0.1, 0.15) is 82.8 Å². The predicted molar refractivity (Wildman–Crippen MR) is 285 cm³/mol. The molecule has 4 heterocycles. The number of carbonyl (C=O) groups is 2. The minimum absolute atomic E-state index is 0.0186. The first-order valence-corrected chi connectivity index (χ1v) is 24.7. The lowest BCUT2D eigenvalue weighted by atomic mass is 10.0. The number of benzene rings is 6. The number of rotatable bonds is 19. The summed E-state index contributed by atoms with van der Waals surface area (Å²) in [6.07, 6.45) is 9.92. The van der Waals surface area contributed by atoms with Crippen LogP contribution in [0.4, 0.5) is 11.4 Å². The maximum Gasteiger partial charge on any atom is 0.330 e. The number of esters is 2. The van der Waals surface area contributed by atoms with Gasteiger partial charge in [-0.05, 0) is 131 Å². The molecule has 0 amide bonds. The Balaban J connectivity index is 0.000000174. The van der Waals surface area contributed by atoms with Crippen LogP contribution < -0.4 is 21.8 Å². The lowest BCUT2D eigenvalue weighted by Crippen LogP contribution is -2.14. The van der Waals surface area contributed by atoms with E-state index < -0.39 is 0 Å². The third-order valence-electron chi connectivity index (χ3n) is 13.5. The minimum atomic E-state index is -0.367. The van der Waals surface area contributed by atoms with E-state index in [1.165, 1.54) is 6.08 Å². The van der Waals surface area contributed by atoms with Gasteiger partial charge in [0.25, 0.3) is 11.1 Å². The molecule has 12 nitrogen and oxygen atoms in total. The molecule has 70 heavy (non-hydrogen) atoms. The van der Waals surface area contributed by atoms with Gasteiger partial charge in [-0.2, -0.15) is 0 Å². The SMILES string of the molecule is C=CC(=O)OCCCCCCNc1ccc2c3c1cccc3c(=O)n1c3ccc(C)cc3nc21.CCC(C)C(=O)OCCCCCCNc1ccc2c3c1cccc3c(=O)n1c3ccc(C)cc3nc21. The molecular weight excluding hydrogens is 877 g/mol. The van der Waals surface area contributed by atoms with Crippen LogP contribution in [-0.2, 0) is 19.1 Å². The van der Waals surface area contributed by atoms with Crippen LogP contribution in [0.5, 0.6) is 0 Å². The zero-order chi connectivity index (χ0) is 48.9. The maximum atomic E-state index is 13.5. The first-order chi connectivity index (χ1) is 34.1. The van der Waals surface area contributed by atoms with Crippen molar-refractivity contribution < 1.29 is 19.1 Å². The highest BCUT2D eigenvalue weighted by Crippen LogP contribution is 2.36. The van der Waals surface area contributed by atoms with Crippen LogP contribution in [0.3, 0.4) is 0 Å². The zero-order valence-corrected chi connectivity index (χ0v) is 40.5. The summed E-state index contributed by atoms with van der Waals surface area (Å²) in [5.74, 6) is -0.477. The molecule has 0 saturated heterocycles. The molecule has 0 aliphatic rings. The molecule has 10 rings (SSSR count). The summed E-state index contributed by atoms with van der Waals surface area (Å²) in [5, 5.41) is 14.5. The minimum Gasteiger partial charge on any atom is -0.465 e. The quantitative estimate of drug-likeness (QED) is 0.0456. The average Bonchev–Trinajstić information content (AvgIpc) is 3.95. The number of hydrogen-bond donors (Lipinski definition) is 2. The van der Waals surface area contributed by atoms with Crippen LogP contribution in [-0.4, -0.2) is 57.0 Å². The molecule has 2 N–H and O–H groups in total. The van der Waals surface area contributed by atoms with E-state index in [0.717, 1.165) is 148 Å².